The molecule has 0 amide bonds. The summed E-state index contributed by atoms with van der Waals surface area (Å²) >= 11 is 0. The lowest BCUT2D eigenvalue weighted by atomic mass is 9.90. The summed E-state index contributed by atoms with van der Waals surface area (Å²) in [7, 11) is 2.08. The van der Waals surface area contributed by atoms with Gasteiger partial charge in [-0.3, -0.25) is 0 Å². The minimum absolute atomic E-state index is 0.634. The molecular formula is C15H24N2. The van der Waals surface area contributed by atoms with Crippen molar-refractivity contribution in [2.45, 2.75) is 51.2 Å². The van der Waals surface area contributed by atoms with Crippen LogP contribution >= 0.6 is 0 Å². The number of likely N-dealkylation sites (N-methyl/N-ethyl adjacent to an activating group) is 1. The molecule has 0 spiro atoms. The molecule has 1 aromatic carbocycles. The van der Waals surface area contributed by atoms with E-state index in [9.17, 15) is 0 Å². The number of hydrogen-bond acceptors (Lipinski definition) is 2. The van der Waals surface area contributed by atoms with Crippen LogP contribution in [0.15, 0.2) is 24.3 Å². The molecule has 2 N–H and O–H groups in total. The SMILES string of the molecule is CNC1CCCCC1NCc1cccc(C)c1. The maximum atomic E-state index is 3.70. The fraction of sp³-hybridized carbons (Fsp3) is 0.600. The summed E-state index contributed by atoms with van der Waals surface area (Å²) in [4.78, 5) is 0. The van der Waals surface area contributed by atoms with E-state index < -0.39 is 0 Å². The Bertz CT molecular complexity index is 349. The predicted octanol–water partition coefficient (Wildman–Crippen LogP) is 2.62. The Kier molecular flexibility index (Phi) is 4.57. The molecular weight excluding hydrogens is 208 g/mol. The van der Waals surface area contributed by atoms with E-state index in [1.54, 1.807) is 0 Å². The van der Waals surface area contributed by atoms with Crippen LogP contribution in [0.2, 0.25) is 0 Å². The summed E-state index contributed by atoms with van der Waals surface area (Å²) in [6.07, 6.45) is 5.34. The van der Waals surface area contributed by atoms with Crippen LogP contribution in [-0.2, 0) is 6.54 Å². The highest BCUT2D eigenvalue weighted by Crippen LogP contribution is 2.18. The van der Waals surface area contributed by atoms with Crippen molar-refractivity contribution in [2.75, 3.05) is 7.05 Å². The lowest BCUT2D eigenvalue weighted by Crippen LogP contribution is -2.48. The third-order valence-corrected chi connectivity index (χ3v) is 3.79. The highest BCUT2D eigenvalue weighted by atomic mass is 15.0. The van der Waals surface area contributed by atoms with Crippen molar-refractivity contribution in [3.05, 3.63) is 35.4 Å². The molecule has 2 unspecified atom stereocenters. The van der Waals surface area contributed by atoms with Crippen LogP contribution < -0.4 is 10.6 Å². The molecule has 2 heteroatoms. The van der Waals surface area contributed by atoms with Gasteiger partial charge < -0.3 is 10.6 Å². The van der Waals surface area contributed by atoms with Crippen LogP contribution in [0.25, 0.3) is 0 Å². The number of rotatable bonds is 4. The minimum atomic E-state index is 0.634. The Balaban J connectivity index is 1.88. The second kappa shape index (κ2) is 6.18. The predicted molar refractivity (Wildman–Crippen MR) is 73.1 cm³/mol. The highest BCUT2D eigenvalue weighted by molar-refractivity contribution is 5.22. The van der Waals surface area contributed by atoms with E-state index in [0.717, 1.165) is 6.54 Å². The van der Waals surface area contributed by atoms with Crippen LogP contribution in [0.3, 0.4) is 0 Å². The van der Waals surface area contributed by atoms with Crippen LogP contribution in [0.5, 0.6) is 0 Å². The second-order valence-electron chi connectivity index (χ2n) is 5.16. The average molecular weight is 232 g/mol. The van der Waals surface area contributed by atoms with Crippen LogP contribution in [-0.4, -0.2) is 19.1 Å². The number of benzene rings is 1. The van der Waals surface area contributed by atoms with Crippen molar-refractivity contribution in [2.24, 2.45) is 0 Å². The summed E-state index contributed by atoms with van der Waals surface area (Å²) in [5.41, 5.74) is 2.74. The Labute approximate surface area is 105 Å². The summed E-state index contributed by atoms with van der Waals surface area (Å²) in [6, 6.07) is 10.0. The molecule has 1 saturated carbocycles. The third kappa shape index (κ3) is 3.55. The molecule has 94 valence electrons. The number of hydrogen-bond donors (Lipinski definition) is 2. The highest BCUT2D eigenvalue weighted by Gasteiger charge is 2.22. The molecule has 2 rings (SSSR count). The normalized spacial score (nSPS) is 24.8. The van der Waals surface area contributed by atoms with Crippen molar-refractivity contribution in [3.8, 4) is 0 Å². The van der Waals surface area contributed by atoms with Gasteiger partial charge in [0.05, 0.1) is 0 Å². The standard InChI is InChI=1S/C15H24N2/c1-12-6-5-7-13(10-12)11-17-15-9-4-3-8-14(15)16-2/h5-7,10,14-17H,3-4,8-9,11H2,1-2H3. The first-order valence-corrected chi connectivity index (χ1v) is 6.76. The van der Waals surface area contributed by atoms with Crippen molar-refractivity contribution in [1.29, 1.82) is 0 Å². The van der Waals surface area contributed by atoms with Gasteiger partial charge in [-0.15, -0.1) is 0 Å². The van der Waals surface area contributed by atoms with Gasteiger partial charge in [0.1, 0.15) is 0 Å². The zero-order chi connectivity index (χ0) is 12.1. The minimum Gasteiger partial charge on any atom is -0.315 e. The summed E-state index contributed by atoms with van der Waals surface area (Å²) in [5, 5.41) is 7.14. The van der Waals surface area contributed by atoms with E-state index >= 15 is 0 Å². The molecule has 0 aliphatic heterocycles. The first-order chi connectivity index (χ1) is 8.29. The molecule has 1 aromatic rings. The van der Waals surface area contributed by atoms with Gasteiger partial charge in [0.2, 0.25) is 0 Å². The first kappa shape index (κ1) is 12.6. The summed E-state index contributed by atoms with van der Waals surface area (Å²) < 4.78 is 0. The molecule has 2 atom stereocenters. The van der Waals surface area contributed by atoms with E-state index in [2.05, 4.69) is 48.9 Å². The molecule has 0 radical (unpaired) electrons. The van der Waals surface area contributed by atoms with Crippen molar-refractivity contribution < 1.29 is 0 Å². The van der Waals surface area contributed by atoms with Gasteiger partial charge >= 0.3 is 0 Å². The molecule has 1 fully saturated rings. The van der Waals surface area contributed by atoms with Crippen LogP contribution in [0.4, 0.5) is 0 Å². The Morgan fingerprint density at radius 1 is 1.18 bits per heavy atom. The van der Waals surface area contributed by atoms with Gasteiger partial charge in [-0.05, 0) is 32.4 Å². The van der Waals surface area contributed by atoms with Crippen molar-refractivity contribution >= 4 is 0 Å². The number of nitrogens with one attached hydrogen (secondary N) is 2. The van der Waals surface area contributed by atoms with Gasteiger partial charge in [-0.1, -0.05) is 42.7 Å². The summed E-state index contributed by atoms with van der Waals surface area (Å²) in [5.74, 6) is 0. The van der Waals surface area contributed by atoms with E-state index in [4.69, 9.17) is 0 Å². The molecule has 0 heterocycles. The zero-order valence-corrected chi connectivity index (χ0v) is 11.0. The Morgan fingerprint density at radius 2 is 1.94 bits per heavy atom. The summed E-state index contributed by atoms with van der Waals surface area (Å²) in [6.45, 7) is 3.14. The lowest BCUT2D eigenvalue weighted by molar-refractivity contribution is 0.294. The topological polar surface area (TPSA) is 24.1 Å². The molecule has 1 aliphatic rings. The maximum absolute atomic E-state index is 3.70. The molecule has 2 nitrogen and oxygen atoms in total. The average Bonchev–Trinajstić information content (AvgIpc) is 2.37. The van der Waals surface area contributed by atoms with E-state index in [0.29, 0.717) is 12.1 Å². The molecule has 0 bridgehead atoms. The van der Waals surface area contributed by atoms with Crippen molar-refractivity contribution in [3.63, 3.8) is 0 Å². The monoisotopic (exact) mass is 232 g/mol. The number of aryl methyl sites for hydroxylation is 1. The van der Waals surface area contributed by atoms with Gasteiger partial charge in [0, 0.05) is 18.6 Å². The fourth-order valence-corrected chi connectivity index (χ4v) is 2.79. The second-order valence-corrected chi connectivity index (χ2v) is 5.16. The molecule has 17 heavy (non-hydrogen) atoms. The van der Waals surface area contributed by atoms with Gasteiger partial charge in [-0.25, -0.2) is 0 Å². The van der Waals surface area contributed by atoms with E-state index in [-0.39, 0.29) is 0 Å². The maximum Gasteiger partial charge on any atom is 0.0224 e. The zero-order valence-electron chi connectivity index (χ0n) is 11.0. The Hall–Kier alpha value is -0.860. The fourth-order valence-electron chi connectivity index (χ4n) is 2.79. The molecule has 0 saturated heterocycles. The van der Waals surface area contributed by atoms with Crippen molar-refractivity contribution in [1.82, 2.24) is 10.6 Å². The van der Waals surface area contributed by atoms with Crippen LogP contribution in [0, 0.1) is 6.92 Å². The van der Waals surface area contributed by atoms with E-state index in [1.165, 1.54) is 36.8 Å². The smallest absolute Gasteiger partial charge is 0.0224 e. The third-order valence-electron chi connectivity index (χ3n) is 3.79. The first-order valence-electron chi connectivity index (χ1n) is 6.76. The Morgan fingerprint density at radius 3 is 2.65 bits per heavy atom. The lowest BCUT2D eigenvalue weighted by Gasteiger charge is -2.32. The quantitative estimate of drug-likeness (QED) is 0.834. The van der Waals surface area contributed by atoms with Gasteiger partial charge in [-0.2, -0.15) is 0 Å². The largest absolute Gasteiger partial charge is 0.315 e. The van der Waals surface area contributed by atoms with Gasteiger partial charge in [0.25, 0.3) is 0 Å². The molecule has 1 aliphatic carbocycles. The van der Waals surface area contributed by atoms with E-state index in [1.807, 2.05) is 0 Å². The van der Waals surface area contributed by atoms with Crippen LogP contribution in [0.1, 0.15) is 36.8 Å². The van der Waals surface area contributed by atoms with Gasteiger partial charge in [0.15, 0.2) is 0 Å². The molecule has 0 aromatic heterocycles.